The Balaban J connectivity index is 1.56. The van der Waals surface area contributed by atoms with E-state index in [1.165, 1.54) is 23.3 Å². The van der Waals surface area contributed by atoms with Crippen molar-refractivity contribution in [3.63, 3.8) is 0 Å². The summed E-state index contributed by atoms with van der Waals surface area (Å²) in [5.74, 6) is 4.96. The number of aliphatic hydroxyl groups excluding tert-OH is 1. The summed E-state index contributed by atoms with van der Waals surface area (Å²) in [7, 11) is 0. The number of Topliss-reactive ketones (excluding diaryl/α,β-unsaturated/α-hetero) is 1. The lowest BCUT2D eigenvalue weighted by atomic mass is 9.71. The van der Waals surface area contributed by atoms with Crippen LogP contribution in [-0.4, -0.2) is 28.5 Å². The molecule has 0 radical (unpaired) electrons. The largest absolute Gasteiger partial charge is 0.478 e. The Morgan fingerprint density at radius 2 is 1.73 bits per heavy atom. The number of ketones is 1. The number of aromatic carboxylic acids is 1. The summed E-state index contributed by atoms with van der Waals surface area (Å²) in [6.45, 7) is 6.99. The van der Waals surface area contributed by atoms with E-state index in [4.69, 9.17) is 5.11 Å². The lowest BCUT2D eigenvalue weighted by Gasteiger charge is -2.33. The smallest absolute Gasteiger partial charge is 0.335 e. The van der Waals surface area contributed by atoms with Crippen molar-refractivity contribution < 1.29 is 19.8 Å². The second-order valence-corrected chi connectivity index (χ2v) is 10.1. The highest BCUT2D eigenvalue weighted by Gasteiger charge is 2.29. The molecule has 1 aliphatic rings. The molecule has 0 spiro atoms. The van der Waals surface area contributed by atoms with Gasteiger partial charge in [0.15, 0.2) is 0 Å². The number of benzene rings is 3. The van der Waals surface area contributed by atoms with Gasteiger partial charge in [-0.3, -0.25) is 4.79 Å². The van der Waals surface area contributed by atoms with Crippen molar-refractivity contribution in [1.82, 2.24) is 5.32 Å². The van der Waals surface area contributed by atoms with E-state index in [9.17, 15) is 14.7 Å². The summed E-state index contributed by atoms with van der Waals surface area (Å²) in [6.07, 6.45) is 2.19. The molecule has 0 fully saturated rings. The molecule has 1 aliphatic carbocycles. The minimum Gasteiger partial charge on any atom is -0.478 e. The van der Waals surface area contributed by atoms with Crippen molar-refractivity contribution in [3.05, 3.63) is 112 Å². The Bertz CT molecular complexity index is 1400. The van der Waals surface area contributed by atoms with Gasteiger partial charge in [0.2, 0.25) is 0 Å². The number of nitrogens with one attached hydrogen (secondary N) is 1. The number of fused-ring (bicyclic) bond motifs is 1. The molecule has 3 aromatic carbocycles. The third kappa shape index (κ3) is 6.24. The van der Waals surface area contributed by atoms with Crippen molar-refractivity contribution in [2.45, 2.75) is 45.3 Å². The number of allylic oxidation sites excluding steroid dienone is 1. The van der Waals surface area contributed by atoms with Crippen molar-refractivity contribution in [2.75, 3.05) is 6.54 Å². The van der Waals surface area contributed by atoms with Gasteiger partial charge >= 0.3 is 5.97 Å². The lowest BCUT2D eigenvalue weighted by molar-refractivity contribution is -0.116. The van der Waals surface area contributed by atoms with Gasteiger partial charge in [0, 0.05) is 12.1 Å². The maximum Gasteiger partial charge on any atom is 0.335 e. The minimum absolute atomic E-state index is 0.0921. The molecule has 0 aromatic heterocycles. The topological polar surface area (TPSA) is 86.6 Å². The fraction of sp³-hybridized carbons (Fsp3) is 0.250. The molecule has 0 heterocycles. The average Bonchev–Trinajstić information content (AvgIpc) is 2.88. The molecule has 0 saturated carbocycles. The SMILES string of the molecule is CC(=O)CNCc1ccc(C2=CCC(C)(C)c3cc(C(O)C#Cc4ccc(C(=O)O)cc4)ccc32)cc1. The number of carbonyl (C=O) groups excluding carboxylic acids is 1. The number of hydrogen-bond donors (Lipinski definition) is 3. The van der Waals surface area contributed by atoms with Gasteiger partial charge in [0.05, 0.1) is 12.1 Å². The fourth-order valence-electron chi connectivity index (χ4n) is 4.49. The molecule has 1 unspecified atom stereocenters. The summed E-state index contributed by atoms with van der Waals surface area (Å²) in [4.78, 5) is 22.2. The van der Waals surface area contributed by atoms with E-state index < -0.39 is 12.1 Å². The van der Waals surface area contributed by atoms with Gasteiger partial charge in [-0.15, -0.1) is 0 Å². The molecule has 3 N–H and O–H groups in total. The molecular formula is C32H31NO4. The van der Waals surface area contributed by atoms with Crippen LogP contribution < -0.4 is 5.32 Å². The molecule has 0 bridgehead atoms. The van der Waals surface area contributed by atoms with Crippen LogP contribution in [0.4, 0.5) is 0 Å². The normalized spacial score (nSPS) is 14.5. The summed E-state index contributed by atoms with van der Waals surface area (Å²) >= 11 is 0. The molecule has 3 aromatic rings. The van der Waals surface area contributed by atoms with Crippen LogP contribution in [0, 0.1) is 11.8 Å². The van der Waals surface area contributed by atoms with Gasteiger partial charge in [-0.25, -0.2) is 4.79 Å². The highest BCUT2D eigenvalue weighted by Crippen LogP contribution is 2.42. The molecule has 5 heteroatoms. The maximum absolute atomic E-state index is 11.2. The standard InChI is InChI=1S/C32H31NO4/c1-21(34)19-33-20-23-6-9-24(10-7-23)27-16-17-32(2,3)29-18-26(13-14-28(27)29)30(35)15-8-22-4-11-25(12-5-22)31(36)37/h4-7,9-14,16,18,30,33,35H,17,19-20H2,1-3H3,(H,36,37). The molecular weight excluding hydrogens is 462 g/mol. The summed E-state index contributed by atoms with van der Waals surface area (Å²) in [5, 5.41) is 23.0. The van der Waals surface area contributed by atoms with Crippen LogP contribution in [0.1, 0.15) is 77.0 Å². The highest BCUT2D eigenvalue weighted by atomic mass is 16.4. The molecule has 1 atom stereocenters. The molecule has 37 heavy (non-hydrogen) atoms. The fourth-order valence-corrected chi connectivity index (χ4v) is 4.49. The third-order valence-electron chi connectivity index (χ3n) is 6.65. The van der Waals surface area contributed by atoms with Crippen molar-refractivity contribution in [3.8, 4) is 11.8 Å². The number of carboxylic acids is 1. The predicted octanol–water partition coefficient (Wildman–Crippen LogP) is 5.26. The predicted molar refractivity (Wildman–Crippen MR) is 145 cm³/mol. The maximum atomic E-state index is 11.2. The minimum atomic E-state index is -0.984. The van der Waals surface area contributed by atoms with Crippen molar-refractivity contribution in [2.24, 2.45) is 0 Å². The average molecular weight is 494 g/mol. The molecule has 0 aliphatic heterocycles. The van der Waals surface area contributed by atoms with Gasteiger partial charge in [0.25, 0.3) is 0 Å². The summed E-state index contributed by atoms with van der Waals surface area (Å²) < 4.78 is 0. The monoisotopic (exact) mass is 493 g/mol. The van der Waals surface area contributed by atoms with Crippen LogP contribution in [0.2, 0.25) is 0 Å². The van der Waals surface area contributed by atoms with Gasteiger partial charge in [-0.1, -0.05) is 74.2 Å². The Kier molecular flexibility index (Phi) is 7.73. The van der Waals surface area contributed by atoms with E-state index in [0.29, 0.717) is 18.7 Å². The second kappa shape index (κ2) is 11.0. The Morgan fingerprint density at radius 3 is 2.38 bits per heavy atom. The number of rotatable bonds is 7. The zero-order chi connectivity index (χ0) is 26.6. The Labute approximate surface area is 217 Å². The first-order valence-electron chi connectivity index (χ1n) is 12.3. The number of aliphatic hydroxyl groups is 1. The Morgan fingerprint density at radius 1 is 1.03 bits per heavy atom. The van der Waals surface area contributed by atoms with Gasteiger partial charge in [0.1, 0.15) is 11.9 Å². The summed E-state index contributed by atoms with van der Waals surface area (Å²) in [6, 6.07) is 20.7. The number of carbonyl (C=O) groups is 2. The zero-order valence-electron chi connectivity index (χ0n) is 21.3. The molecule has 188 valence electrons. The van der Waals surface area contributed by atoms with E-state index in [2.05, 4.69) is 73.5 Å². The number of carboxylic acid groups (broad SMARTS) is 1. The number of hydrogen-bond acceptors (Lipinski definition) is 4. The van der Waals surface area contributed by atoms with Crippen LogP contribution in [0.3, 0.4) is 0 Å². The molecule has 4 rings (SSSR count). The molecule has 5 nitrogen and oxygen atoms in total. The summed E-state index contributed by atoms with van der Waals surface area (Å²) in [5.41, 5.74) is 7.22. The van der Waals surface area contributed by atoms with Crippen molar-refractivity contribution >= 4 is 17.3 Å². The third-order valence-corrected chi connectivity index (χ3v) is 6.65. The van der Waals surface area contributed by atoms with Crippen LogP contribution in [0.15, 0.2) is 72.8 Å². The second-order valence-electron chi connectivity index (χ2n) is 10.1. The first-order valence-corrected chi connectivity index (χ1v) is 12.3. The first kappa shape index (κ1) is 26.1. The van der Waals surface area contributed by atoms with E-state index in [-0.39, 0.29) is 16.8 Å². The molecule has 0 amide bonds. The van der Waals surface area contributed by atoms with Gasteiger partial charge in [-0.2, -0.15) is 0 Å². The van der Waals surface area contributed by atoms with Crippen LogP contribution in [-0.2, 0) is 16.8 Å². The molecule has 0 saturated heterocycles. The quantitative estimate of drug-likeness (QED) is 0.391. The van der Waals surface area contributed by atoms with E-state index in [0.717, 1.165) is 28.7 Å². The van der Waals surface area contributed by atoms with Gasteiger partial charge < -0.3 is 15.5 Å². The zero-order valence-corrected chi connectivity index (χ0v) is 21.3. The highest BCUT2D eigenvalue weighted by molar-refractivity contribution is 5.87. The van der Waals surface area contributed by atoms with E-state index in [1.54, 1.807) is 19.1 Å². The van der Waals surface area contributed by atoms with Crippen LogP contribution in [0.5, 0.6) is 0 Å². The van der Waals surface area contributed by atoms with E-state index in [1.807, 2.05) is 6.07 Å². The van der Waals surface area contributed by atoms with Crippen LogP contribution in [0.25, 0.3) is 5.57 Å². The lowest BCUT2D eigenvalue weighted by Crippen LogP contribution is -2.22. The Hall–Kier alpha value is -3.98. The van der Waals surface area contributed by atoms with Gasteiger partial charge in [-0.05, 0) is 76.4 Å². The first-order chi connectivity index (χ1) is 17.6. The van der Waals surface area contributed by atoms with Crippen LogP contribution >= 0.6 is 0 Å². The van der Waals surface area contributed by atoms with E-state index >= 15 is 0 Å². The van der Waals surface area contributed by atoms with Crippen molar-refractivity contribution in [1.29, 1.82) is 0 Å².